The second-order valence-corrected chi connectivity index (χ2v) is 3.08. The lowest BCUT2D eigenvalue weighted by Gasteiger charge is -2.06. The minimum absolute atomic E-state index is 0.364. The molecular weight excluding hydrogens is 172 g/mol. The molecule has 12 heavy (non-hydrogen) atoms. The normalized spacial score (nSPS) is 12.5. The molecule has 0 aliphatic carbocycles. The van der Waals surface area contributed by atoms with E-state index in [1.54, 1.807) is 6.07 Å². The fourth-order valence-electron chi connectivity index (χ4n) is 0.987. The first-order valence-corrected chi connectivity index (χ1v) is 4.20. The van der Waals surface area contributed by atoms with Crippen LogP contribution in [-0.2, 0) is 0 Å². The second kappa shape index (κ2) is 4.21. The van der Waals surface area contributed by atoms with Gasteiger partial charge in [0.25, 0.3) is 0 Å². The highest BCUT2D eigenvalue weighted by atomic mass is 35.5. The van der Waals surface area contributed by atoms with Gasteiger partial charge in [0.2, 0.25) is 0 Å². The van der Waals surface area contributed by atoms with Gasteiger partial charge < -0.3 is 0 Å². The van der Waals surface area contributed by atoms with Gasteiger partial charge in [0, 0.05) is 11.6 Å². The molecule has 3 heteroatoms. The smallest absolute Gasteiger partial charge is 0.132 e. The third-order valence-corrected chi connectivity index (χ3v) is 1.89. The third kappa shape index (κ3) is 2.31. The zero-order chi connectivity index (χ0) is 8.97. The maximum Gasteiger partial charge on any atom is 0.132 e. The Kier molecular flexibility index (Phi) is 3.23. The largest absolute Gasteiger partial charge is 0.241 e. The van der Waals surface area contributed by atoms with E-state index in [1.807, 2.05) is 6.08 Å². The van der Waals surface area contributed by atoms with Crippen molar-refractivity contribution >= 4 is 11.6 Å². The fraction of sp³-hybridized carbons (Fsp3) is 0.333. The summed E-state index contributed by atoms with van der Waals surface area (Å²) in [7, 11) is 0. The standard InChI is InChI=1S/C9H11ClN2/c1-3-4-7(2)8-5-9(10)12-6-11-8/h3,5-7H,1,4H2,2H3. The van der Waals surface area contributed by atoms with Gasteiger partial charge in [-0.3, -0.25) is 0 Å². The van der Waals surface area contributed by atoms with E-state index >= 15 is 0 Å². The zero-order valence-electron chi connectivity index (χ0n) is 7.00. The van der Waals surface area contributed by atoms with Crippen LogP contribution in [0.5, 0.6) is 0 Å². The first-order chi connectivity index (χ1) is 5.74. The highest BCUT2D eigenvalue weighted by molar-refractivity contribution is 6.29. The monoisotopic (exact) mass is 182 g/mol. The summed E-state index contributed by atoms with van der Waals surface area (Å²) in [5.41, 5.74) is 0.968. The SMILES string of the molecule is C=CCC(C)c1cc(Cl)ncn1. The summed E-state index contributed by atoms with van der Waals surface area (Å²) >= 11 is 5.71. The van der Waals surface area contributed by atoms with Crippen LogP contribution in [0.1, 0.15) is 25.0 Å². The van der Waals surface area contributed by atoms with Crippen molar-refractivity contribution in [3.05, 3.63) is 35.9 Å². The van der Waals surface area contributed by atoms with Crippen molar-refractivity contribution in [2.45, 2.75) is 19.3 Å². The average Bonchev–Trinajstić information content (AvgIpc) is 2.05. The van der Waals surface area contributed by atoms with Gasteiger partial charge in [-0.1, -0.05) is 24.6 Å². The van der Waals surface area contributed by atoms with Gasteiger partial charge >= 0.3 is 0 Å². The Labute approximate surface area is 77.3 Å². The van der Waals surface area contributed by atoms with Crippen LogP contribution < -0.4 is 0 Å². The van der Waals surface area contributed by atoms with E-state index in [0.717, 1.165) is 12.1 Å². The van der Waals surface area contributed by atoms with Gasteiger partial charge in [0.1, 0.15) is 11.5 Å². The lowest BCUT2D eigenvalue weighted by molar-refractivity contribution is 0.745. The van der Waals surface area contributed by atoms with Crippen molar-refractivity contribution in [2.75, 3.05) is 0 Å². The lowest BCUT2D eigenvalue weighted by Crippen LogP contribution is -1.96. The molecule has 0 aliphatic heterocycles. The highest BCUT2D eigenvalue weighted by Crippen LogP contribution is 2.18. The predicted molar refractivity (Wildman–Crippen MR) is 50.3 cm³/mol. The molecule has 0 spiro atoms. The van der Waals surface area contributed by atoms with Crippen molar-refractivity contribution in [3.63, 3.8) is 0 Å². The van der Waals surface area contributed by atoms with E-state index < -0.39 is 0 Å². The molecule has 0 radical (unpaired) electrons. The Bertz CT molecular complexity index is 273. The number of hydrogen-bond donors (Lipinski definition) is 0. The third-order valence-electron chi connectivity index (χ3n) is 1.68. The molecule has 1 unspecified atom stereocenters. The van der Waals surface area contributed by atoms with Crippen molar-refractivity contribution in [2.24, 2.45) is 0 Å². The summed E-state index contributed by atoms with van der Waals surface area (Å²) in [6.07, 6.45) is 4.27. The molecule has 1 heterocycles. The van der Waals surface area contributed by atoms with Crippen molar-refractivity contribution < 1.29 is 0 Å². The van der Waals surface area contributed by atoms with Crippen LogP contribution >= 0.6 is 11.6 Å². The van der Waals surface area contributed by atoms with E-state index in [0.29, 0.717) is 11.1 Å². The summed E-state index contributed by atoms with van der Waals surface area (Å²) in [4.78, 5) is 7.93. The summed E-state index contributed by atoms with van der Waals surface area (Å²) in [6.45, 7) is 5.76. The average molecular weight is 183 g/mol. The van der Waals surface area contributed by atoms with Crippen molar-refractivity contribution in [1.29, 1.82) is 0 Å². The summed E-state index contributed by atoms with van der Waals surface area (Å²) in [6, 6.07) is 1.79. The van der Waals surface area contributed by atoms with E-state index in [-0.39, 0.29) is 0 Å². The molecule has 1 atom stereocenters. The number of nitrogens with zero attached hydrogens (tertiary/aromatic N) is 2. The predicted octanol–water partition coefficient (Wildman–Crippen LogP) is 2.81. The maximum absolute atomic E-state index is 5.71. The van der Waals surface area contributed by atoms with Gasteiger partial charge in [-0.2, -0.15) is 0 Å². The number of halogens is 1. The quantitative estimate of drug-likeness (QED) is 0.531. The Morgan fingerprint density at radius 2 is 2.42 bits per heavy atom. The van der Waals surface area contributed by atoms with Crippen LogP contribution in [0.15, 0.2) is 25.0 Å². The van der Waals surface area contributed by atoms with Crippen LogP contribution in [-0.4, -0.2) is 9.97 Å². The van der Waals surface area contributed by atoms with Crippen molar-refractivity contribution in [3.8, 4) is 0 Å². The van der Waals surface area contributed by atoms with E-state index in [9.17, 15) is 0 Å². The number of hydrogen-bond acceptors (Lipinski definition) is 2. The van der Waals surface area contributed by atoms with Crippen LogP contribution in [0.3, 0.4) is 0 Å². The molecule has 0 saturated heterocycles. The first-order valence-electron chi connectivity index (χ1n) is 3.82. The Balaban J connectivity index is 2.80. The summed E-state index contributed by atoms with van der Waals surface area (Å²) in [5, 5.41) is 0.496. The molecule has 1 aromatic heterocycles. The molecule has 0 N–H and O–H groups in total. The Morgan fingerprint density at radius 1 is 1.67 bits per heavy atom. The maximum atomic E-state index is 5.71. The summed E-state index contributed by atoms with van der Waals surface area (Å²) < 4.78 is 0. The Morgan fingerprint density at radius 3 is 3.00 bits per heavy atom. The molecule has 0 aromatic carbocycles. The molecule has 0 bridgehead atoms. The lowest BCUT2D eigenvalue weighted by atomic mass is 10.0. The molecule has 0 aliphatic rings. The van der Waals surface area contributed by atoms with Crippen LogP contribution in [0.2, 0.25) is 5.15 Å². The van der Waals surface area contributed by atoms with Gasteiger partial charge in [-0.25, -0.2) is 9.97 Å². The molecule has 0 amide bonds. The van der Waals surface area contributed by atoms with E-state index in [4.69, 9.17) is 11.6 Å². The second-order valence-electron chi connectivity index (χ2n) is 2.69. The minimum Gasteiger partial charge on any atom is -0.241 e. The minimum atomic E-state index is 0.364. The molecule has 2 nitrogen and oxygen atoms in total. The van der Waals surface area contributed by atoms with Gasteiger partial charge in [-0.05, 0) is 12.5 Å². The van der Waals surface area contributed by atoms with Crippen LogP contribution in [0, 0.1) is 0 Å². The van der Waals surface area contributed by atoms with Gasteiger partial charge in [-0.15, -0.1) is 6.58 Å². The highest BCUT2D eigenvalue weighted by Gasteiger charge is 2.04. The Hall–Kier alpha value is -0.890. The topological polar surface area (TPSA) is 25.8 Å². The van der Waals surface area contributed by atoms with E-state index in [2.05, 4.69) is 23.5 Å². The molecule has 1 rings (SSSR count). The number of rotatable bonds is 3. The van der Waals surface area contributed by atoms with Gasteiger partial charge in [0.15, 0.2) is 0 Å². The molecule has 0 saturated carbocycles. The van der Waals surface area contributed by atoms with Crippen LogP contribution in [0.25, 0.3) is 0 Å². The number of allylic oxidation sites excluding steroid dienone is 1. The molecule has 64 valence electrons. The van der Waals surface area contributed by atoms with Gasteiger partial charge in [0.05, 0.1) is 0 Å². The first kappa shape index (κ1) is 9.20. The van der Waals surface area contributed by atoms with Crippen molar-refractivity contribution in [1.82, 2.24) is 9.97 Å². The van der Waals surface area contributed by atoms with E-state index in [1.165, 1.54) is 6.33 Å². The number of aromatic nitrogens is 2. The zero-order valence-corrected chi connectivity index (χ0v) is 7.75. The fourth-order valence-corrected chi connectivity index (χ4v) is 1.14. The molecule has 0 fully saturated rings. The molecular formula is C9H11ClN2. The van der Waals surface area contributed by atoms with Crippen LogP contribution in [0.4, 0.5) is 0 Å². The molecule has 1 aromatic rings. The summed E-state index contributed by atoms with van der Waals surface area (Å²) in [5.74, 6) is 0.364.